The minimum atomic E-state index is -0.741. The predicted molar refractivity (Wildman–Crippen MR) is 36.3 cm³/mol. The third-order valence-electron chi connectivity index (χ3n) is 1.30. The largest absolute Gasteiger partial charge is 0.465 e. The zero-order valence-corrected chi connectivity index (χ0v) is 5.99. The van der Waals surface area contributed by atoms with Gasteiger partial charge in [0.25, 0.3) is 6.47 Å². The van der Waals surface area contributed by atoms with Crippen LogP contribution in [0.1, 0.15) is 13.3 Å². The van der Waals surface area contributed by atoms with Crippen molar-refractivity contribution >= 4 is 6.47 Å². The van der Waals surface area contributed by atoms with E-state index in [9.17, 15) is 4.79 Å². The molecular weight excluding hydrogens is 134 g/mol. The summed E-state index contributed by atoms with van der Waals surface area (Å²) in [5.74, 6) is 0. The van der Waals surface area contributed by atoms with Gasteiger partial charge in [0.1, 0.15) is 12.7 Å². The van der Waals surface area contributed by atoms with E-state index < -0.39 is 6.10 Å². The van der Waals surface area contributed by atoms with Crippen LogP contribution >= 0.6 is 0 Å². The smallest absolute Gasteiger partial charge is 0.293 e. The van der Waals surface area contributed by atoms with Gasteiger partial charge in [-0.05, 0) is 6.42 Å². The Labute approximate surface area is 60.0 Å². The van der Waals surface area contributed by atoms with Crippen LogP contribution in [0, 0.1) is 0 Å². The van der Waals surface area contributed by atoms with Crippen molar-refractivity contribution in [3.8, 4) is 0 Å². The molecule has 60 valence electrons. The van der Waals surface area contributed by atoms with E-state index in [2.05, 4.69) is 4.74 Å². The lowest BCUT2D eigenvalue weighted by atomic mass is 10.1. The topological polar surface area (TPSA) is 72.6 Å². The Hall–Kier alpha value is -0.610. The molecule has 0 spiro atoms. The van der Waals surface area contributed by atoms with Crippen molar-refractivity contribution in [1.29, 1.82) is 0 Å². The molecule has 0 radical (unpaired) electrons. The summed E-state index contributed by atoms with van der Waals surface area (Å²) in [5.41, 5.74) is 5.41. The molecule has 0 bridgehead atoms. The lowest BCUT2D eigenvalue weighted by molar-refractivity contribution is -0.131. The first kappa shape index (κ1) is 9.39. The highest BCUT2D eigenvalue weighted by molar-refractivity contribution is 5.36. The molecule has 0 aliphatic carbocycles. The van der Waals surface area contributed by atoms with Gasteiger partial charge in [0.15, 0.2) is 0 Å². The number of aliphatic hydroxyl groups is 1. The van der Waals surface area contributed by atoms with Gasteiger partial charge in [0.05, 0.1) is 0 Å². The molecule has 0 aliphatic heterocycles. The lowest BCUT2D eigenvalue weighted by Crippen LogP contribution is -2.37. The first-order valence-electron chi connectivity index (χ1n) is 3.21. The summed E-state index contributed by atoms with van der Waals surface area (Å²) in [5, 5.41) is 9.04. The number of hydrogen-bond donors (Lipinski definition) is 2. The van der Waals surface area contributed by atoms with Gasteiger partial charge in [0.2, 0.25) is 0 Å². The summed E-state index contributed by atoms with van der Waals surface area (Å²) >= 11 is 0. The van der Waals surface area contributed by atoms with Crippen molar-refractivity contribution in [3.05, 3.63) is 0 Å². The number of ether oxygens (including phenoxy) is 1. The molecule has 0 aliphatic rings. The van der Waals surface area contributed by atoms with E-state index in [1.54, 1.807) is 0 Å². The van der Waals surface area contributed by atoms with Gasteiger partial charge >= 0.3 is 0 Å². The molecule has 0 saturated carbocycles. The van der Waals surface area contributed by atoms with Crippen LogP contribution in [0.2, 0.25) is 0 Å². The second-order valence-electron chi connectivity index (χ2n) is 2.07. The third-order valence-corrected chi connectivity index (χ3v) is 1.30. The minimum Gasteiger partial charge on any atom is -0.465 e. The summed E-state index contributed by atoms with van der Waals surface area (Å²) in [6.45, 7) is 2.14. The maximum absolute atomic E-state index is 9.65. The highest BCUT2D eigenvalue weighted by Crippen LogP contribution is 1.94. The Bertz CT molecular complexity index is 97.0. The molecule has 0 aromatic rings. The molecule has 0 heterocycles. The number of rotatable bonds is 5. The van der Waals surface area contributed by atoms with E-state index in [0.717, 1.165) is 0 Å². The molecule has 0 aromatic carbocycles. The average molecular weight is 147 g/mol. The van der Waals surface area contributed by atoms with Gasteiger partial charge in [-0.2, -0.15) is 0 Å². The molecule has 0 fully saturated rings. The molecule has 0 amide bonds. The molecule has 0 aromatic heterocycles. The third kappa shape index (κ3) is 3.42. The van der Waals surface area contributed by atoms with Gasteiger partial charge < -0.3 is 15.6 Å². The number of nitrogens with two attached hydrogens (primary N) is 1. The first-order chi connectivity index (χ1) is 4.72. The van der Waals surface area contributed by atoms with Crippen molar-refractivity contribution in [2.24, 2.45) is 5.73 Å². The Balaban J connectivity index is 3.40. The van der Waals surface area contributed by atoms with Crippen molar-refractivity contribution in [3.63, 3.8) is 0 Å². The van der Waals surface area contributed by atoms with Gasteiger partial charge in [-0.1, -0.05) is 6.92 Å². The van der Waals surface area contributed by atoms with E-state index >= 15 is 0 Å². The summed E-state index contributed by atoms with van der Waals surface area (Å²) < 4.78 is 4.31. The average Bonchev–Trinajstić information content (AvgIpc) is 1.98. The SMILES string of the molecule is CC[C@H](N)[C@@H](O)COC=O. The summed E-state index contributed by atoms with van der Waals surface area (Å²) in [6.07, 6.45) is -0.0705. The molecule has 0 unspecified atom stereocenters. The van der Waals surface area contributed by atoms with E-state index in [4.69, 9.17) is 10.8 Å². The fraction of sp³-hybridized carbons (Fsp3) is 0.833. The monoisotopic (exact) mass is 147 g/mol. The summed E-state index contributed by atoms with van der Waals surface area (Å²) in [6, 6.07) is -0.306. The Kier molecular flexibility index (Phi) is 4.88. The fourth-order valence-corrected chi connectivity index (χ4v) is 0.534. The molecule has 4 nitrogen and oxygen atoms in total. The van der Waals surface area contributed by atoms with E-state index in [0.29, 0.717) is 12.9 Å². The highest BCUT2D eigenvalue weighted by atomic mass is 16.5. The van der Waals surface area contributed by atoms with Crippen LogP contribution in [-0.4, -0.2) is 30.3 Å². The number of aliphatic hydroxyl groups excluding tert-OH is 1. The highest BCUT2D eigenvalue weighted by Gasteiger charge is 2.11. The minimum absolute atomic E-state index is 0.0154. The second kappa shape index (κ2) is 5.20. The first-order valence-corrected chi connectivity index (χ1v) is 3.21. The fourth-order valence-electron chi connectivity index (χ4n) is 0.534. The molecule has 0 saturated heterocycles. The second-order valence-corrected chi connectivity index (χ2v) is 2.07. The number of carbonyl (C=O) groups is 1. The van der Waals surface area contributed by atoms with Crippen LogP contribution in [-0.2, 0) is 9.53 Å². The standard InChI is InChI=1S/C6H13NO3/c1-2-5(7)6(9)3-10-4-8/h4-6,9H,2-3,7H2,1H3/t5-,6-/m0/s1. The van der Waals surface area contributed by atoms with E-state index in [1.807, 2.05) is 6.92 Å². The van der Waals surface area contributed by atoms with Crippen molar-refractivity contribution in [2.45, 2.75) is 25.5 Å². The van der Waals surface area contributed by atoms with Crippen LogP contribution in [0.5, 0.6) is 0 Å². The van der Waals surface area contributed by atoms with Gasteiger partial charge in [0, 0.05) is 6.04 Å². The molecular formula is C6H13NO3. The van der Waals surface area contributed by atoms with E-state index in [-0.39, 0.29) is 12.6 Å². The summed E-state index contributed by atoms with van der Waals surface area (Å²) in [7, 11) is 0. The van der Waals surface area contributed by atoms with Crippen LogP contribution < -0.4 is 5.73 Å². The zero-order chi connectivity index (χ0) is 7.98. The number of carbonyl (C=O) groups excluding carboxylic acids is 1. The van der Waals surface area contributed by atoms with Gasteiger partial charge in [-0.15, -0.1) is 0 Å². The quantitative estimate of drug-likeness (QED) is 0.502. The van der Waals surface area contributed by atoms with E-state index in [1.165, 1.54) is 0 Å². The molecule has 10 heavy (non-hydrogen) atoms. The normalized spacial score (nSPS) is 15.9. The van der Waals surface area contributed by atoms with Crippen molar-refractivity contribution in [1.82, 2.24) is 0 Å². The zero-order valence-electron chi connectivity index (χ0n) is 5.99. The maximum atomic E-state index is 9.65. The Morgan fingerprint density at radius 3 is 2.80 bits per heavy atom. The van der Waals surface area contributed by atoms with Crippen molar-refractivity contribution in [2.75, 3.05) is 6.61 Å². The maximum Gasteiger partial charge on any atom is 0.293 e. The van der Waals surface area contributed by atoms with Crippen LogP contribution in [0.15, 0.2) is 0 Å². The van der Waals surface area contributed by atoms with Gasteiger partial charge in [-0.25, -0.2) is 0 Å². The van der Waals surface area contributed by atoms with Crippen LogP contribution in [0.25, 0.3) is 0 Å². The van der Waals surface area contributed by atoms with Gasteiger partial charge in [-0.3, -0.25) is 4.79 Å². The number of hydrogen-bond acceptors (Lipinski definition) is 4. The molecule has 2 atom stereocenters. The Morgan fingerprint density at radius 2 is 2.40 bits per heavy atom. The van der Waals surface area contributed by atoms with Crippen LogP contribution in [0.3, 0.4) is 0 Å². The predicted octanol–water partition coefficient (Wildman–Crippen LogP) is -0.742. The molecule has 4 heteroatoms. The van der Waals surface area contributed by atoms with Crippen molar-refractivity contribution < 1.29 is 14.6 Å². The van der Waals surface area contributed by atoms with Crippen LogP contribution in [0.4, 0.5) is 0 Å². The Morgan fingerprint density at radius 1 is 1.80 bits per heavy atom. The lowest BCUT2D eigenvalue weighted by Gasteiger charge is -2.14. The molecule has 3 N–H and O–H groups in total. The summed E-state index contributed by atoms with van der Waals surface area (Å²) in [4.78, 5) is 9.65. The molecule has 0 rings (SSSR count).